The van der Waals surface area contributed by atoms with Crippen LogP contribution in [0.3, 0.4) is 0 Å². The normalized spacial score (nSPS) is 12.5. The monoisotopic (exact) mass is 677 g/mol. The molecule has 1 heterocycles. The van der Waals surface area contributed by atoms with Crippen molar-refractivity contribution in [1.82, 2.24) is 9.97 Å². The summed E-state index contributed by atoms with van der Waals surface area (Å²) in [7, 11) is 0. The van der Waals surface area contributed by atoms with Crippen molar-refractivity contribution in [1.29, 1.82) is 0 Å². The lowest BCUT2D eigenvalue weighted by Crippen LogP contribution is -2.14. The van der Waals surface area contributed by atoms with Gasteiger partial charge < -0.3 is 0 Å². The molecule has 0 saturated heterocycles. The Balaban J connectivity index is 1.13. The first-order valence-corrected chi connectivity index (χ1v) is 17.9. The molecule has 0 aliphatic heterocycles. The van der Waals surface area contributed by atoms with Crippen LogP contribution in [0.25, 0.3) is 83.3 Å². The Hall–Kier alpha value is -6.89. The van der Waals surface area contributed by atoms with Crippen LogP contribution in [-0.2, 0) is 5.41 Å². The van der Waals surface area contributed by atoms with E-state index in [0.29, 0.717) is 11.5 Å². The van der Waals surface area contributed by atoms with Crippen LogP contribution < -0.4 is 0 Å². The van der Waals surface area contributed by atoms with E-state index in [-0.39, 0.29) is 5.41 Å². The molecule has 0 spiro atoms. The molecule has 0 fully saturated rings. The molecule has 3 heteroatoms. The van der Waals surface area contributed by atoms with Crippen molar-refractivity contribution in [2.24, 2.45) is 0 Å². The molecular formula is C50H35N3. The average molecular weight is 678 g/mol. The molecular weight excluding hydrogens is 643 g/mol. The van der Waals surface area contributed by atoms with Gasteiger partial charge in [0.2, 0.25) is 0 Å². The van der Waals surface area contributed by atoms with Gasteiger partial charge in [-0.05, 0) is 73.8 Å². The summed E-state index contributed by atoms with van der Waals surface area (Å²) in [5, 5.41) is 0. The quantitative estimate of drug-likeness (QED) is 0.164. The molecule has 0 amide bonds. The number of hydrogen-bond donors (Lipinski definition) is 0. The Kier molecular flexibility index (Phi) is 7.87. The van der Waals surface area contributed by atoms with E-state index in [9.17, 15) is 0 Å². The summed E-state index contributed by atoms with van der Waals surface area (Å²) in [5.74, 6) is 0.675. The number of aromatic nitrogens is 2. The summed E-state index contributed by atoms with van der Waals surface area (Å²) in [6.45, 7) is 12.3. The highest BCUT2D eigenvalue weighted by molar-refractivity contribution is 5.91. The van der Waals surface area contributed by atoms with Gasteiger partial charge in [0.15, 0.2) is 11.5 Å². The van der Waals surface area contributed by atoms with Crippen molar-refractivity contribution >= 4 is 5.69 Å². The molecule has 8 aromatic rings. The van der Waals surface area contributed by atoms with Crippen LogP contribution in [0.4, 0.5) is 5.69 Å². The van der Waals surface area contributed by atoms with Gasteiger partial charge >= 0.3 is 0 Å². The molecule has 1 aliphatic carbocycles. The first-order valence-electron chi connectivity index (χ1n) is 17.9. The van der Waals surface area contributed by atoms with Crippen LogP contribution in [-0.4, -0.2) is 9.97 Å². The lowest BCUT2D eigenvalue weighted by molar-refractivity contribution is 0.661. The summed E-state index contributed by atoms with van der Waals surface area (Å²) in [4.78, 5) is 14.2. The molecule has 0 atom stereocenters. The van der Waals surface area contributed by atoms with Crippen molar-refractivity contribution in [2.45, 2.75) is 19.3 Å². The predicted octanol–water partition coefficient (Wildman–Crippen LogP) is 13.3. The van der Waals surface area contributed by atoms with E-state index in [0.717, 1.165) is 50.3 Å². The summed E-state index contributed by atoms with van der Waals surface area (Å²) < 4.78 is 0. The van der Waals surface area contributed by atoms with Crippen LogP contribution in [0.2, 0.25) is 0 Å². The third kappa shape index (κ3) is 5.81. The molecule has 1 aromatic heterocycles. The molecule has 0 radical (unpaired) electrons. The van der Waals surface area contributed by atoms with E-state index in [1.165, 1.54) is 33.4 Å². The molecule has 0 N–H and O–H groups in total. The molecule has 250 valence electrons. The van der Waals surface area contributed by atoms with Crippen molar-refractivity contribution in [3.63, 3.8) is 0 Å². The lowest BCUT2D eigenvalue weighted by atomic mass is 9.81. The van der Waals surface area contributed by atoms with E-state index in [4.69, 9.17) is 16.5 Å². The fourth-order valence-corrected chi connectivity index (χ4v) is 7.68. The number of rotatable bonds is 6. The summed E-state index contributed by atoms with van der Waals surface area (Å²) in [5.41, 5.74) is 16.8. The first-order chi connectivity index (χ1) is 26.0. The highest BCUT2D eigenvalue weighted by Gasteiger charge is 2.36. The van der Waals surface area contributed by atoms with Crippen molar-refractivity contribution in [3.8, 4) is 78.4 Å². The summed E-state index contributed by atoms with van der Waals surface area (Å²) in [6.07, 6.45) is 0. The van der Waals surface area contributed by atoms with E-state index < -0.39 is 0 Å². The van der Waals surface area contributed by atoms with Gasteiger partial charge in [-0.3, -0.25) is 0 Å². The Morgan fingerprint density at radius 3 is 1.47 bits per heavy atom. The lowest BCUT2D eigenvalue weighted by Gasteiger charge is -2.22. The molecule has 1 aliphatic rings. The minimum absolute atomic E-state index is 0.211. The van der Waals surface area contributed by atoms with Crippen LogP contribution in [0, 0.1) is 6.57 Å². The zero-order valence-corrected chi connectivity index (χ0v) is 29.6. The van der Waals surface area contributed by atoms with Gasteiger partial charge in [-0.15, -0.1) is 0 Å². The van der Waals surface area contributed by atoms with Gasteiger partial charge in [-0.2, -0.15) is 0 Å². The highest BCUT2D eigenvalue weighted by atomic mass is 14.9. The molecule has 0 unspecified atom stereocenters. The zero-order valence-electron chi connectivity index (χ0n) is 29.6. The second-order valence-electron chi connectivity index (χ2n) is 14.1. The number of benzene rings is 7. The van der Waals surface area contributed by atoms with Gasteiger partial charge in [0, 0.05) is 22.1 Å². The Labute approximate surface area is 310 Å². The molecule has 9 rings (SSSR count). The number of hydrogen-bond acceptors (Lipinski definition) is 2. The van der Waals surface area contributed by atoms with Crippen molar-refractivity contribution in [3.05, 3.63) is 198 Å². The Bertz CT molecular complexity index is 2570. The number of fused-ring (bicyclic) bond motifs is 3. The first kappa shape index (κ1) is 32.0. The van der Waals surface area contributed by atoms with Crippen molar-refractivity contribution < 1.29 is 0 Å². The standard InChI is InChI=1S/C50H35N3/c1-50(2)43-18-11-19-45(51-3)48(43)42-29-28-40(31-44(42)50)39-16-10-17-41(30-39)49-52-46(37-24-20-35(21-25-37)33-12-6-4-7-13-33)32-47(53-49)38-26-22-36(23-27-38)34-14-8-5-9-15-34/h4-32H,1-2H3. The fourth-order valence-electron chi connectivity index (χ4n) is 7.68. The largest absolute Gasteiger partial charge is 0.238 e. The molecule has 0 bridgehead atoms. The third-order valence-corrected chi connectivity index (χ3v) is 10.6. The van der Waals surface area contributed by atoms with Crippen LogP contribution in [0.5, 0.6) is 0 Å². The van der Waals surface area contributed by atoms with Crippen molar-refractivity contribution in [2.75, 3.05) is 0 Å². The van der Waals surface area contributed by atoms with E-state index >= 15 is 0 Å². The van der Waals surface area contributed by atoms with Crippen LogP contribution in [0.15, 0.2) is 176 Å². The third-order valence-electron chi connectivity index (χ3n) is 10.6. The van der Waals surface area contributed by atoms with Gasteiger partial charge in [0.1, 0.15) is 0 Å². The van der Waals surface area contributed by atoms with E-state index in [2.05, 4.69) is 170 Å². The minimum Gasteiger partial charge on any atom is -0.238 e. The predicted molar refractivity (Wildman–Crippen MR) is 218 cm³/mol. The maximum atomic E-state index is 7.81. The molecule has 53 heavy (non-hydrogen) atoms. The smallest absolute Gasteiger partial charge is 0.195 e. The van der Waals surface area contributed by atoms with Gasteiger partial charge in [0.25, 0.3) is 0 Å². The molecule has 3 nitrogen and oxygen atoms in total. The van der Waals surface area contributed by atoms with E-state index in [1.54, 1.807) is 0 Å². The highest BCUT2D eigenvalue weighted by Crippen LogP contribution is 2.53. The Morgan fingerprint density at radius 2 is 0.887 bits per heavy atom. The average Bonchev–Trinajstić information content (AvgIpc) is 3.47. The van der Waals surface area contributed by atoms with Gasteiger partial charge in [-0.25, -0.2) is 14.8 Å². The summed E-state index contributed by atoms with van der Waals surface area (Å²) in [6, 6.07) is 61.5. The Morgan fingerprint density at radius 1 is 0.415 bits per heavy atom. The maximum absolute atomic E-state index is 7.81. The topological polar surface area (TPSA) is 30.1 Å². The zero-order chi connectivity index (χ0) is 35.9. The fraction of sp³-hybridized carbons (Fsp3) is 0.0600. The SMILES string of the molecule is [C-]#[N+]c1cccc2c1-c1ccc(-c3cccc(-c4nc(-c5ccc(-c6ccccc6)cc5)cc(-c5ccc(-c6ccccc6)cc5)n4)c3)cc1C2(C)C. The van der Waals surface area contributed by atoms with Gasteiger partial charge in [-0.1, -0.05) is 172 Å². The summed E-state index contributed by atoms with van der Waals surface area (Å²) >= 11 is 0. The number of nitrogens with zero attached hydrogens (tertiary/aromatic N) is 3. The molecule has 0 saturated carbocycles. The molecule has 7 aromatic carbocycles. The van der Waals surface area contributed by atoms with E-state index in [1.807, 2.05) is 24.3 Å². The van der Waals surface area contributed by atoms with Crippen LogP contribution >= 0.6 is 0 Å². The minimum atomic E-state index is -0.211. The second kappa shape index (κ2) is 13.0. The van der Waals surface area contributed by atoms with Crippen LogP contribution in [0.1, 0.15) is 25.0 Å². The maximum Gasteiger partial charge on any atom is 0.195 e. The second-order valence-corrected chi connectivity index (χ2v) is 14.1. The van der Waals surface area contributed by atoms with Gasteiger partial charge in [0.05, 0.1) is 18.0 Å².